The van der Waals surface area contributed by atoms with Gasteiger partial charge in [0.2, 0.25) is 0 Å². The van der Waals surface area contributed by atoms with Crippen molar-refractivity contribution in [1.82, 2.24) is 0 Å². The summed E-state index contributed by atoms with van der Waals surface area (Å²) in [5, 5.41) is 3.33. The Morgan fingerprint density at radius 2 is 1.71 bits per heavy atom. The largest absolute Gasteiger partial charge is 1.00 e. The Morgan fingerprint density at radius 1 is 1.05 bits per heavy atom. The number of rotatable bonds is 6. The molecule has 0 bridgehead atoms. The second-order valence-corrected chi connectivity index (χ2v) is 8.91. The SMILES string of the molecule is CCCCC[SiH](C1=[C]([Ti+3])CC=C1)c1ccccc1.[Cl-].[Cl-].[Cl-]. The van der Waals surface area contributed by atoms with Crippen molar-refractivity contribution in [3.63, 3.8) is 0 Å². The van der Waals surface area contributed by atoms with E-state index in [4.69, 9.17) is 0 Å². The van der Waals surface area contributed by atoms with Crippen LogP contribution in [0.4, 0.5) is 0 Å². The summed E-state index contributed by atoms with van der Waals surface area (Å²) in [6.07, 6.45) is 10.0. The summed E-state index contributed by atoms with van der Waals surface area (Å²) in [5.74, 6) is 0. The van der Waals surface area contributed by atoms with Gasteiger partial charge in [-0.25, -0.2) is 0 Å². The van der Waals surface area contributed by atoms with Gasteiger partial charge < -0.3 is 37.2 Å². The molecule has 0 N–H and O–H groups in total. The zero-order valence-electron chi connectivity index (χ0n) is 12.3. The van der Waals surface area contributed by atoms with Gasteiger partial charge in [-0.05, 0) is 0 Å². The fourth-order valence-electron chi connectivity index (χ4n) is 2.63. The molecule has 0 fully saturated rings. The Balaban J connectivity index is 0. The Morgan fingerprint density at radius 3 is 2.24 bits per heavy atom. The van der Waals surface area contributed by atoms with Crippen LogP contribution in [0.1, 0.15) is 32.6 Å². The molecule has 1 aromatic carbocycles. The monoisotopic (exact) mass is 394 g/mol. The van der Waals surface area contributed by atoms with Crippen molar-refractivity contribution in [2.75, 3.05) is 0 Å². The van der Waals surface area contributed by atoms with Gasteiger partial charge in [0.15, 0.2) is 0 Å². The molecule has 2 rings (SSSR count). The molecule has 0 amide bonds. The molecule has 114 valence electrons. The molecule has 21 heavy (non-hydrogen) atoms. The maximum Gasteiger partial charge on any atom is -1.00 e. The number of hydrogen-bond donors (Lipinski definition) is 0. The van der Waals surface area contributed by atoms with Gasteiger partial charge in [-0.1, -0.05) is 0 Å². The molecule has 0 saturated carbocycles. The van der Waals surface area contributed by atoms with Crippen LogP contribution in [0.2, 0.25) is 6.04 Å². The van der Waals surface area contributed by atoms with Crippen LogP contribution in [0, 0.1) is 0 Å². The van der Waals surface area contributed by atoms with Crippen molar-refractivity contribution in [1.29, 1.82) is 0 Å². The summed E-state index contributed by atoms with van der Waals surface area (Å²) < 4.78 is 1.62. The molecular weight excluding hydrogens is 374 g/mol. The third-order valence-corrected chi connectivity index (χ3v) is 8.33. The average Bonchev–Trinajstić information content (AvgIpc) is 2.82. The van der Waals surface area contributed by atoms with Crippen LogP contribution in [0.25, 0.3) is 0 Å². The maximum absolute atomic E-state index is 2.41. The van der Waals surface area contributed by atoms with Crippen LogP contribution in [-0.4, -0.2) is 8.80 Å². The van der Waals surface area contributed by atoms with Crippen molar-refractivity contribution in [3.8, 4) is 0 Å². The van der Waals surface area contributed by atoms with Gasteiger partial charge in [-0.3, -0.25) is 0 Å². The summed E-state index contributed by atoms with van der Waals surface area (Å²) in [7, 11) is -0.941. The Kier molecular flexibility index (Phi) is 14.7. The summed E-state index contributed by atoms with van der Waals surface area (Å²) in [4.78, 5) is 0. The van der Waals surface area contributed by atoms with Gasteiger partial charge in [-0.15, -0.1) is 0 Å². The van der Waals surface area contributed by atoms with Gasteiger partial charge in [0.1, 0.15) is 0 Å². The summed E-state index contributed by atoms with van der Waals surface area (Å²) in [6.45, 7) is 2.29. The van der Waals surface area contributed by atoms with Crippen LogP contribution in [0.15, 0.2) is 51.6 Å². The molecule has 1 aliphatic rings. The number of allylic oxidation sites excluding steroid dienone is 4. The van der Waals surface area contributed by atoms with E-state index in [1.54, 1.807) is 14.3 Å². The molecule has 0 nitrogen and oxygen atoms in total. The van der Waals surface area contributed by atoms with Gasteiger partial charge in [0.25, 0.3) is 0 Å². The Labute approximate surface area is 161 Å². The maximum atomic E-state index is 2.41. The van der Waals surface area contributed by atoms with E-state index in [1.165, 1.54) is 31.7 Å². The second kappa shape index (κ2) is 13.0. The first-order valence-corrected chi connectivity index (χ1v) is 9.74. The van der Waals surface area contributed by atoms with Gasteiger partial charge in [0.05, 0.1) is 0 Å². The quantitative estimate of drug-likeness (QED) is 0.333. The topological polar surface area (TPSA) is 0 Å². The van der Waals surface area contributed by atoms with Gasteiger partial charge in [-0.2, -0.15) is 0 Å². The number of unbranched alkanes of at least 4 members (excludes halogenated alkanes) is 2. The van der Waals surface area contributed by atoms with Crippen LogP contribution in [0.3, 0.4) is 0 Å². The standard InChI is InChI=1S/C16H21Si.3ClH.Ti/c1-2-3-9-14-17(16-12-7-8-13-16)15-10-5-4-6-11-15;;;;/h4-7,10-12,17H,2-3,8-9,14H2,1H3;3*1H;/q;;;;+3/p-3. The molecule has 1 aromatic rings. The van der Waals surface area contributed by atoms with Crippen LogP contribution >= 0.6 is 0 Å². The predicted octanol–water partition coefficient (Wildman–Crippen LogP) is -5.38. The molecule has 1 atom stereocenters. The van der Waals surface area contributed by atoms with Crippen molar-refractivity contribution in [3.05, 3.63) is 51.6 Å². The molecule has 0 spiro atoms. The minimum Gasteiger partial charge on any atom is -1.00 e. The van der Waals surface area contributed by atoms with Crippen molar-refractivity contribution < 1.29 is 57.7 Å². The average molecular weight is 396 g/mol. The molecule has 1 aliphatic carbocycles. The van der Waals surface area contributed by atoms with Crippen LogP contribution in [0.5, 0.6) is 0 Å². The molecule has 5 heteroatoms. The van der Waals surface area contributed by atoms with Crippen molar-refractivity contribution in [2.24, 2.45) is 0 Å². The van der Waals surface area contributed by atoms with E-state index in [-0.39, 0.29) is 37.2 Å². The minimum atomic E-state index is -0.941. The molecule has 0 aliphatic heterocycles. The summed E-state index contributed by atoms with van der Waals surface area (Å²) in [5.41, 5.74) is 0. The molecule has 0 aromatic heterocycles. The van der Waals surface area contributed by atoms with E-state index in [9.17, 15) is 0 Å². The molecule has 0 radical (unpaired) electrons. The van der Waals surface area contributed by atoms with Crippen molar-refractivity contribution in [2.45, 2.75) is 38.7 Å². The first-order chi connectivity index (χ1) is 8.83. The van der Waals surface area contributed by atoms with E-state index in [0.717, 1.165) is 0 Å². The zero-order valence-corrected chi connectivity index (χ0v) is 17.3. The predicted molar refractivity (Wildman–Crippen MR) is 78.3 cm³/mol. The molecular formula is C16H21Cl3SiTi. The van der Waals surface area contributed by atoms with E-state index in [2.05, 4.69) is 69.8 Å². The Bertz CT molecular complexity index is 446. The van der Waals surface area contributed by atoms with E-state index in [0.29, 0.717) is 0 Å². The molecule has 0 saturated heterocycles. The van der Waals surface area contributed by atoms with Crippen LogP contribution < -0.4 is 42.4 Å². The number of halogens is 3. The molecule has 0 heterocycles. The minimum absolute atomic E-state index is 0. The second-order valence-electron chi connectivity index (χ2n) is 5.00. The number of hydrogen-bond acceptors (Lipinski definition) is 0. The first-order valence-electron chi connectivity index (χ1n) is 6.99. The van der Waals surface area contributed by atoms with E-state index < -0.39 is 8.80 Å². The van der Waals surface area contributed by atoms with Gasteiger partial charge in [0, 0.05) is 0 Å². The first kappa shape index (κ1) is 23.8. The summed E-state index contributed by atoms with van der Waals surface area (Å²) >= 11 is 2.32. The van der Waals surface area contributed by atoms with E-state index >= 15 is 0 Å². The van der Waals surface area contributed by atoms with E-state index in [1.807, 2.05) is 0 Å². The number of benzene rings is 1. The van der Waals surface area contributed by atoms with Crippen molar-refractivity contribution >= 4 is 14.0 Å². The fourth-order valence-corrected chi connectivity index (χ4v) is 7.06. The normalized spacial score (nSPS) is 14.0. The zero-order chi connectivity index (χ0) is 12.8. The molecule has 1 unspecified atom stereocenters. The third kappa shape index (κ3) is 7.07. The van der Waals surface area contributed by atoms with Crippen LogP contribution in [-0.2, 0) is 20.4 Å². The fraction of sp³-hybridized carbons (Fsp3) is 0.375. The Hall–Kier alpha value is 0.501. The summed E-state index contributed by atoms with van der Waals surface area (Å²) in [6, 6.07) is 12.6. The van der Waals surface area contributed by atoms with Gasteiger partial charge >= 0.3 is 125 Å². The smallest absolute Gasteiger partial charge is 1.00 e. The third-order valence-electron chi connectivity index (χ3n) is 3.64.